The normalized spacial score (nSPS) is 15.1. The van der Waals surface area contributed by atoms with E-state index < -0.39 is 9.84 Å². The number of hydrogen-bond donors (Lipinski definition) is 0. The molecule has 1 aliphatic rings. The fourth-order valence-electron chi connectivity index (χ4n) is 2.92. The molecule has 1 fully saturated rings. The number of rotatable bonds is 6. The zero-order chi connectivity index (χ0) is 20.2. The number of carbonyl (C=O) groups excluding carboxylic acids is 2. The molecule has 9 heteroatoms. The Morgan fingerprint density at radius 1 is 1.11 bits per heavy atom. The Labute approximate surface area is 160 Å². The van der Waals surface area contributed by atoms with Crippen molar-refractivity contribution in [2.24, 2.45) is 0 Å². The van der Waals surface area contributed by atoms with Gasteiger partial charge in [0, 0.05) is 51.0 Å². The lowest BCUT2D eigenvalue weighted by atomic mass is 10.1. The van der Waals surface area contributed by atoms with E-state index in [9.17, 15) is 18.0 Å². The van der Waals surface area contributed by atoms with Crippen LogP contribution >= 0.6 is 0 Å². The first kappa shape index (κ1) is 21.2. The summed E-state index contributed by atoms with van der Waals surface area (Å²) in [5.41, 5.74) is 0.295. The second-order valence-corrected chi connectivity index (χ2v) is 8.85. The minimum absolute atomic E-state index is 0.00616. The van der Waals surface area contributed by atoms with Crippen molar-refractivity contribution in [3.8, 4) is 5.75 Å². The van der Waals surface area contributed by atoms with Crippen LogP contribution in [0.4, 0.5) is 0 Å². The molecule has 0 spiro atoms. The van der Waals surface area contributed by atoms with Gasteiger partial charge in [0.25, 0.3) is 5.91 Å². The highest BCUT2D eigenvalue weighted by Gasteiger charge is 2.26. The van der Waals surface area contributed by atoms with E-state index in [1.807, 2.05) is 19.0 Å². The summed E-state index contributed by atoms with van der Waals surface area (Å²) in [5, 5.41) is 0. The van der Waals surface area contributed by atoms with Gasteiger partial charge in [0.05, 0.1) is 7.11 Å². The molecule has 1 aromatic rings. The highest BCUT2D eigenvalue weighted by molar-refractivity contribution is 7.90. The summed E-state index contributed by atoms with van der Waals surface area (Å²) in [6.07, 6.45) is 1.54. The number of methoxy groups -OCH3 is 1. The van der Waals surface area contributed by atoms with Crippen molar-refractivity contribution in [2.75, 3.05) is 60.2 Å². The van der Waals surface area contributed by atoms with Gasteiger partial charge in [-0.05, 0) is 32.3 Å². The third-order valence-electron chi connectivity index (χ3n) is 4.50. The Bertz CT molecular complexity index is 799. The lowest BCUT2D eigenvalue weighted by Crippen LogP contribution is -2.50. The molecule has 27 heavy (non-hydrogen) atoms. The van der Waals surface area contributed by atoms with Crippen LogP contribution in [0.15, 0.2) is 23.1 Å². The molecular formula is C18H27N3O5S. The summed E-state index contributed by atoms with van der Waals surface area (Å²) in [6.45, 7) is 2.50. The maximum Gasteiger partial charge on any atom is 0.254 e. The molecular weight excluding hydrogens is 370 g/mol. The van der Waals surface area contributed by atoms with Gasteiger partial charge in [0.15, 0.2) is 9.84 Å². The molecule has 0 saturated carbocycles. The maximum absolute atomic E-state index is 12.8. The lowest BCUT2D eigenvalue weighted by Gasteiger charge is -2.35. The van der Waals surface area contributed by atoms with Gasteiger partial charge in [0.2, 0.25) is 5.91 Å². The van der Waals surface area contributed by atoms with Crippen molar-refractivity contribution in [3.63, 3.8) is 0 Å². The predicted octanol–water partition coefficient (Wildman–Crippen LogP) is 0.335. The predicted molar refractivity (Wildman–Crippen MR) is 102 cm³/mol. The number of ether oxygens (including phenoxy) is 1. The number of benzene rings is 1. The molecule has 150 valence electrons. The van der Waals surface area contributed by atoms with Crippen molar-refractivity contribution in [1.29, 1.82) is 0 Å². The molecule has 2 amide bonds. The van der Waals surface area contributed by atoms with E-state index in [0.29, 0.717) is 44.7 Å². The molecule has 0 aliphatic carbocycles. The van der Waals surface area contributed by atoms with Crippen LogP contribution in [0.3, 0.4) is 0 Å². The smallest absolute Gasteiger partial charge is 0.254 e. The second-order valence-electron chi connectivity index (χ2n) is 6.86. The van der Waals surface area contributed by atoms with E-state index in [-0.39, 0.29) is 22.5 Å². The van der Waals surface area contributed by atoms with Crippen LogP contribution in [-0.2, 0) is 14.6 Å². The van der Waals surface area contributed by atoms with Crippen LogP contribution in [0.25, 0.3) is 0 Å². The average Bonchev–Trinajstić information content (AvgIpc) is 2.64. The van der Waals surface area contributed by atoms with Crippen molar-refractivity contribution < 1.29 is 22.7 Å². The standard InChI is InChI=1S/C18H27N3O5S/c1-19(2)8-7-17(22)20-9-11-21(12-10-20)18(23)14-5-6-15(26-3)16(13-14)27(4,24)25/h5-6,13H,7-12H2,1-4H3. The Morgan fingerprint density at radius 3 is 2.22 bits per heavy atom. The molecule has 2 rings (SSSR count). The molecule has 0 bridgehead atoms. The molecule has 1 aliphatic heterocycles. The maximum atomic E-state index is 12.8. The minimum Gasteiger partial charge on any atom is -0.495 e. The third kappa shape index (κ3) is 5.43. The molecule has 1 saturated heterocycles. The zero-order valence-electron chi connectivity index (χ0n) is 16.3. The third-order valence-corrected chi connectivity index (χ3v) is 5.62. The number of nitrogens with zero attached hydrogens (tertiary/aromatic N) is 3. The van der Waals surface area contributed by atoms with Crippen molar-refractivity contribution >= 4 is 21.7 Å². The van der Waals surface area contributed by atoms with E-state index in [0.717, 1.165) is 6.26 Å². The van der Waals surface area contributed by atoms with Gasteiger partial charge in [-0.3, -0.25) is 9.59 Å². The van der Waals surface area contributed by atoms with E-state index in [1.54, 1.807) is 15.9 Å². The quantitative estimate of drug-likeness (QED) is 0.688. The van der Waals surface area contributed by atoms with Crippen LogP contribution in [-0.4, -0.2) is 95.1 Å². The second kappa shape index (κ2) is 8.71. The molecule has 0 atom stereocenters. The van der Waals surface area contributed by atoms with Gasteiger partial charge in [0.1, 0.15) is 10.6 Å². The Kier molecular flexibility index (Phi) is 6.83. The summed E-state index contributed by atoms with van der Waals surface area (Å²) in [5.74, 6) is 0.0490. The lowest BCUT2D eigenvalue weighted by molar-refractivity contribution is -0.132. The van der Waals surface area contributed by atoms with E-state index in [1.165, 1.54) is 19.2 Å². The molecule has 8 nitrogen and oxygen atoms in total. The summed E-state index contributed by atoms with van der Waals surface area (Å²) < 4.78 is 29.0. The van der Waals surface area contributed by atoms with Gasteiger partial charge in [-0.1, -0.05) is 0 Å². The highest BCUT2D eigenvalue weighted by Crippen LogP contribution is 2.25. The number of piperazine rings is 1. The Balaban J connectivity index is 2.05. The van der Waals surface area contributed by atoms with Gasteiger partial charge < -0.3 is 19.4 Å². The van der Waals surface area contributed by atoms with Crippen LogP contribution in [0.1, 0.15) is 16.8 Å². The van der Waals surface area contributed by atoms with Gasteiger partial charge in [-0.2, -0.15) is 0 Å². The first-order valence-corrected chi connectivity index (χ1v) is 10.6. The molecule has 0 unspecified atom stereocenters. The van der Waals surface area contributed by atoms with E-state index >= 15 is 0 Å². The van der Waals surface area contributed by atoms with Gasteiger partial charge >= 0.3 is 0 Å². The number of sulfone groups is 1. The highest BCUT2D eigenvalue weighted by atomic mass is 32.2. The summed E-state index contributed by atoms with van der Waals surface area (Å²) in [4.78, 5) is 30.3. The number of amides is 2. The van der Waals surface area contributed by atoms with Crippen molar-refractivity contribution in [3.05, 3.63) is 23.8 Å². The Morgan fingerprint density at radius 2 is 1.70 bits per heavy atom. The molecule has 0 N–H and O–H groups in total. The molecule has 1 aromatic carbocycles. The largest absolute Gasteiger partial charge is 0.495 e. The zero-order valence-corrected chi connectivity index (χ0v) is 17.1. The van der Waals surface area contributed by atoms with Crippen LogP contribution in [0.2, 0.25) is 0 Å². The van der Waals surface area contributed by atoms with Crippen LogP contribution in [0.5, 0.6) is 5.75 Å². The summed E-state index contributed by atoms with van der Waals surface area (Å²) >= 11 is 0. The van der Waals surface area contributed by atoms with Gasteiger partial charge in [-0.15, -0.1) is 0 Å². The monoisotopic (exact) mass is 397 g/mol. The first-order valence-electron chi connectivity index (χ1n) is 8.73. The molecule has 1 heterocycles. The van der Waals surface area contributed by atoms with Gasteiger partial charge in [-0.25, -0.2) is 8.42 Å². The van der Waals surface area contributed by atoms with E-state index in [2.05, 4.69) is 0 Å². The van der Waals surface area contributed by atoms with Crippen LogP contribution in [0, 0.1) is 0 Å². The Hall–Kier alpha value is -2.13. The summed E-state index contributed by atoms with van der Waals surface area (Å²) in [7, 11) is 1.71. The fourth-order valence-corrected chi connectivity index (χ4v) is 3.78. The van der Waals surface area contributed by atoms with Crippen molar-refractivity contribution in [1.82, 2.24) is 14.7 Å². The minimum atomic E-state index is -3.52. The van der Waals surface area contributed by atoms with E-state index in [4.69, 9.17) is 4.74 Å². The van der Waals surface area contributed by atoms with Crippen molar-refractivity contribution in [2.45, 2.75) is 11.3 Å². The summed E-state index contributed by atoms with van der Waals surface area (Å²) in [6, 6.07) is 4.40. The fraction of sp³-hybridized carbons (Fsp3) is 0.556. The SMILES string of the molecule is COc1ccc(C(=O)N2CCN(C(=O)CCN(C)C)CC2)cc1S(C)(=O)=O. The average molecular weight is 397 g/mol. The number of carbonyl (C=O) groups is 2. The first-order chi connectivity index (χ1) is 12.6. The van der Waals surface area contributed by atoms with Crippen LogP contribution < -0.4 is 4.74 Å². The topological polar surface area (TPSA) is 87.2 Å². The number of hydrogen-bond acceptors (Lipinski definition) is 6. The molecule has 0 aromatic heterocycles. The molecule has 0 radical (unpaired) electrons.